The molecule has 0 radical (unpaired) electrons. The first-order valence-electron chi connectivity index (χ1n) is 8.38. The Bertz CT molecular complexity index is 766. The van der Waals surface area contributed by atoms with Crippen LogP contribution >= 0.6 is 0 Å². The summed E-state index contributed by atoms with van der Waals surface area (Å²) in [6.45, 7) is 0.338. The quantitative estimate of drug-likeness (QED) is 0.556. The van der Waals surface area contributed by atoms with Gasteiger partial charge in [0, 0.05) is 32.3 Å². The number of hydrogen-bond acceptors (Lipinski definition) is 5. The van der Waals surface area contributed by atoms with E-state index in [9.17, 15) is 8.78 Å². The Hall–Kier alpha value is -2.91. The Kier molecular flexibility index (Phi) is 7.33. The van der Waals surface area contributed by atoms with Gasteiger partial charge >= 0.3 is 6.61 Å². The third-order valence-electron chi connectivity index (χ3n) is 3.77. The second-order valence-electron chi connectivity index (χ2n) is 5.68. The van der Waals surface area contributed by atoms with Gasteiger partial charge in [-0.2, -0.15) is 13.9 Å². The molecule has 0 unspecified atom stereocenters. The van der Waals surface area contributed by atoms with Crippen LogP contribution in [0.15, 0.2) is 29.5 Å². The summed E-state index contributed by atoms with van der Waals surface area (Å²) in [5, 5.41) is 7.22. The number of aliphatic imine (C=N–C) groups is 1. The maximum atomic E-state index is 12.7. The Balaban J connectivity index is 2.19. The van der Waals surface area contributed by atoms with Crippen molar-refractivity contribution in [2.45, 2.75) is 26.6 Å². The molecule has 0 spiro atoms. The summed E-state index contributed by atoms with van der Waals surface area (Å²) in [6, 6.07) is 4.76. The fourth-order valence-corrected chi connectivity index (χ4v) is 2.38. The zero-order valence-electron chi connectivity index (χ0n) is 15.8. The monoisotopic (exact) mass is 382 g/mol. The van der Waals surface area contributed by atoms with Gasteiger partial charge in [0.25, 0.3) is 0 Å². The average molecular weight is 382 g/mol. The number of halogens is 2. The van der Waals surface area contributed by atoms with E-state index in [2.05, 4.69) is 25.1 Å². The van der Waals surface area contributed by atoms with Gasteiger partial charge in [0.1, 0.15) is 23.7 Å². The molecule has 1 aromatic carbocycles. The molecule has 2 rings (SSSR count). The van der Waals surface area contributed by atoms with Gasteiger partial charge in [-0.3, -0.25) is 4.68 Å². The van der Waals surface area contributed by atoms with Gasteiger partial charge in [0.2, 0.25) is 0 Å². The van der Waals surface area contributed by atoms with Gasteiger partial charge in [-0.15, -0.1) is 0 Å². The normalized spacial score (nSPS) is 11.6. The summed E-state index contributed by atoms with van der Waals surface area (Å²) >= 11 is 0. The van der Waals surface area contributed by atoms with Crippen LogP contribution in [0.3, 0.4) is 0 Å². The highest BCUT2D eigenvalue weighted by Crippen LogP contribution is 2.27. The number of guanidine groups is 1. The number of hydrogen-bond donors (Lipinski definition) is 1. The topological polar surface area (TPSA) is 76.8 Å². The number of methoxy groups -OCH3 is 1. The molecule has 0 bridgehead atoms. The molecule has 8 nitrogen and oxygen atoms in total. The lowest BCUT2D eigenvalue weighted by Gasteiger charge is -2.21. The predicted molar refractivity (Wildman–Crippen MR) is 96.9 cm³/mol. The molecule has 0 aliphatic heterocycles. The van der Waals surface area contributed by atoms with Crippen molar-refractivity contribution in [3.8, 4) is 11.5 Å². The van der Waals surface area contributed by atoms with Gasteiger partial charge in [-0.25, -0.2) is 9.98 Å². The van der Waals surface area contributed by atoms with Crippen molar-refractivity contribution in [1.82, 2.24) is 25.0 Å². The molecule has 1 N–H and O–H groups in total. The third kappa shape index (κ3) is 5.80. The maximum Gasteiger partial charge on any atom is 0.387 e. The zero-order chi connectivity index (χ0) is 19.8. The van der Waals surface area contributed by atoms with E-state index in [0.717, 1.165) is 5.82 Å². The molecule has 10 heteroatoms. The van der Waals surface area contributed by atoms with E-state index in [-0.39, 0.29) is 12.3 Å². The molecule has 0 aliphatic rings. The number of aromatic nitrogens is 3. The minimum absolute atomic E-state index is 0.0416. The van der Waals surface area contributed by atoms with E-state index < -0.39 is 6.61 Å². The van der Waals surface area contributed by atoms with Gasteiger partial charge in [-0.05, 0) is 19.1 Å². The Morgan fingerprint density at radius 1 is 1.41 bits per heavy atom. The van der Waals surface area contributed by atoms with Gasteiger partial charge in [-0.1, -0.05) is 0 Å². The maximum absolute atomic E-state index is 12.7. The second-order valence-corrected chi connectivity index (χ2v) is 5.68. The summed E-state index contributed by atoms with van der Waals surface area (Å²) in [6.07, 6.45) is 1.48. The fraction of sp³-hybridized carbons (Fsp3) is 0.471. The van der Waals surface area contributed by atoms with E-state index in [1.807, 2.05) is 25.9 Å². The van der Waals surface area contributed by atoms with Crippen LogP contribution in [0.1, 0.15) is 18.3 Å². The third-order valence-corrected chi connectivity index (χ3v) is 3.77. The van der Waals surface area contributed by atoms with Crippen molar-refractivity contribution >= 4 is 5.96 Å². The molecule has 1 aromatic heterocycles. The highest BCUT2D eigenvalue weighted by molar-refractivity contribution is 5.79. The van der Waals surface area contributed by atoms with Crippen LogP contribution in [-0.4, -0.2) is 52.9 Å². The molecular formula is C17H24F2N6O2. The number of rotatable bonds is 8. The second kappa shape index (κ2) is 9.70. The first kappa shape index (κ1) is 20.4. The summed E-state index contributed by atoms with van der Waals surface area (Å²) in [7, 11) is 5.14. The van der Waals surface area contributed by atoms with E-state index in [0.29, 0.717) is 30.4 Å². The highest BCUT2D eigenvalue weighted by atomic mass is 19.3. The molecule has 1 heterocycles. The molecule has 0 fully saturated rings. The lowest BCUT2D eigenvalue weighted by atomic mass is 10.2. The first-order chi connectivity index (χ1) is 12.9. The van der Waals surface area contributed by atoms with Crippen molar-refractivity contribution < 1.29 is 18.3 Å². The number of aryl methyl sites for hydroxylation is 1. The average Bonchev–Trinajstić information content (AvgIpc) is 3.03. The minimum Gasteiger partial charge on any atom is -0.497 e. The Morgan fingerprint density at radius 2 is 2.19 bits per heavy atom. The smallest absolute Gasteiger partial charge is 0.387 e. The first-order valence-corrected chi connectivity index (χ1v) is 8.38. The lowest BCUT2D eigenvalue weighted by Crippen LogP contribution is -2.39. The van der Waals surface area contributed by atoms with Crippen LogP contribution in [0.4, 0.5) is 8.78 Å². The van der Waals surface area contributed by atoms with Crippen LogP contribution in [0.2, 0.25) is 0 Å². The number of nitrogens with zero attached hydrogens (tertiary/aromatic N) is 5. The molecule has 148 valence electrons. The van der Waals surface area contributed by atoms with Crippen LogP contribution in [-0.2, 0) is 20.1 Å². The Labute approximate surface area is 156 Å². The predicted octanol–water partition coefficient (Wildman–Crippen LogP) is 2.02. The minimum atomic E-state index is -2.92. The number of ether oxygens (including phenoxy) is 2. The fourth-order valence-electron chi connectivity index (χ4n) is 2.38. The zero-order valence-corrected chi connectivity index (χ0v) is 15.8. The summed E-state index contributed by atoms with van der Waals surface area (Å²) < 4.78 is 36.7. The molecule has 0 saturated carbocycles. The van der Waals surface area contributed by atoms with Crippen molar-refractivity contribution in [1.29, 1.82) is 0 Å². The van der Waals surface area contributed by atoms with E-state index in [4.69, 9.17) is 4.74 Å². The van der Waals surface area contributed by atoms with Gasteiger partial charge in [0.05, 0.1) is 20.2 Å². The van der Waals surface area contributed by atoms with Crippen molar-refractivity contribution in [2.24, 2.45) is 12.0 Å². The SMILES string of the molecule is CCNC(=NCc1ccc(OC)cc1OC(F)F)N(C)Cc1ncnn1C. The molecule has 2 aromatic rings. The molecule has 0 atom stereocenters. The van der Waals surface area contributed by atoms with Crippen LogP contribution in [0, 0.1) is 0 Å². The molecule has 27 heavy (non-hydrogen) atoms. The highest BCUT2D eigenvalue weighted by Gasteiger charge is 2.13. The van der Waals surface area contributed by atoms with Crippen molar-refractivity contribution in [3.63, 3.8) is 0 Å². The van der Waals surface area contributed by atoms with Crippen LogP contribution < -0.4 is 14.8 Å². The van der Waals surface area contributed by atoms with Gasteiger partial charge in [0.15, 0.2) is 5.96 Å². The summed E-state index contributed by atoms with van der Waals surface area (Å²) in [5.41, 5.74) is 0.526. The largest absolute Gasteiger partial charge is 0.497 e. The number of nitrogens with one attached hydrogen (secondary N) is 1. The van der Waals surface area contributed by atoms with E-state index >= 15 is 0 Å². The summed E-state index contributed by atoms with van der Waals surface area (Å²) in [5.74, 6) is 1.86. The molecule has 0 aliphatic carbocycles. The molecular weight excluding hydrogens is 358 g/mol. The van der Waals surface area contributed by atoms with Crippen LogP contribution in [0.5, 0.6) is 11.5 Å². The summed E-state index contributed by atoms with van der Waals surface area (Å²) in [4.78, 5) is 10.6. The number of alkyl halides is 2. The van der Waals surface area contributed by atoms with E-state index in [1.54, 1.807) is 16.8 Å². The molecule has 0 amide bonds. The standard InChI is InChI=1S/C17H24F2N6O2/c1-5-20-17(24(2)10-15-22-11-23-25(15)3)21-9-12-6-7-13(26-4)8-14(12)27-16(18)19/h6-8,11,16H,5,9-10H2,1-4H3,(H,20,21). The number of benzene rings is 1. The molecule has 0 saturated heterocycles. The Morgan fingerprint density at radius 3 is 2.78 bits per heavy atom. The van der Waals surface area contributed by atoms with Crippen molar-refractivity contribution in [2.75, 3.05) is 20.7 Å². The van der Waals surface area contributed by atoms with E-state index in [1.165, 1.54) is 19.5 Å². The lowest BCUT2D eigenvalue weighted by molar-refractivity contribution is -0.0505. The van der Waals surface area contributed by atoms with Crippen molar-refractivity contribution in [3.05, 3.63) is 35.9 Å². The van der Waals surface area contributed by atoms with Crippen LogP contribution in [0.25, 0.3) is 0 Å². The van der Waals surface area contributed by atoms with Gasteiger partial charge < -0.3 is 19.7 Å².